The third-order valence-corrected chi connectivity index (χ3v) is 5.80. The van der Waals surface area contributed by atoms with E-state index in [0.29, 0.717) is 12.4 Å². The molecule has 1 aromatic heterocycles. The van der Waals surface area contributed by atoms with Crippen LogP contribution in [-0.4, -0.2) is 34.4 Å². The van der Waals surface area contributed by atoms with Crippen molar-refractivity contribution in [2.45, 2.75) is 52.1 Å². The summed E-state index contributed by atoms with van der Waals surface area (Å²) in [5, 5.41) is 6.11. The molecule has 0 saturated heterocycles. The number of rotatable bonds is 8. The predicted molar refractivity (Wildman–Crippen MR) is 117 cm³/mol. The first-order valence-electron chi connectivity index (χ1n) is 10.7. The highest BCUT2D eigenvalue weighted by Crippen LogP contribution is 2.43. The maximum atomic E-state index is 6.08. The quantitative estimate of drug-likeness (QED) is 0.447. The molecular formula is C24H31N3O2. The second-order valence-corrected chi connectivity index (χ2v) is 7.78. The molecule has 154 valence electrons. The summed E-state index contributed by atoms with van der Waals surface area (Å²) in [5.74, 6) is 1.60. The van der Waals surface area contributed by atoms with E-state index < -0.39 is 0 Å². The van der Waals surface area contributed by atoms with Crippen LogP contribution in [0.5, 0.6) is 5.75 Å². The van der Waals surface area contributed by atoms with E-state index in [1.807, 2.05) is 13.0 Å². The summed E-state index contributed by atoms with van der Waals surface area (Å²) < 4.78 is 13.9. The number of nitrogens with zero attached hydrogens (tertiary/aromatic N) is 3. The standard InChI is InChI=1S/C24H31N3O2/c1-5-7-8-14-29-22-11-9-10-19-23(22)25-27-13-12-26-16-20(18(4)28-6-2)17(3)15-21(26)24(19)27/h9-11,16,21H,3-8,12-15H2,1-2H3. The second-order valence-electron chi connectivity index (χ2n) is 7.78. The lowest BCUT2D eigenvalue weighted by Gasteiger charge is -2.40. The fraction of sp³-hybridized carbons (Fsp3) is 0.458. The number of unbranched alkanes of at least 4 members (excludes halogenated alkanes) is 2. The molecule has 0 radical (unpaired) electrons. The van der Waals surface area contributed by atoms with Gasteiger partial charge in [0.2, 0.25) is 0 Å². The van der Waals surface area contributed by atoms with Gasteiger partial charge in [0.15, 0.2) is 0 Å². The van der Waals surface area contributed by atoms with E-state index in [1.165, 1.54) is 23.9 Å². The molecule has 1 aromatic carbocycles. The molecule has 0 amide bonds. The predicted octanol–water partition coefficient (Wildman–Crippen LogP) is 5.36. The van der Waals surface area contributed by atoms with Gasteiger partial charge in [0.05, 0.1) is 31.5 Å². The van der Waals surface area contributed by atoms with Crippen LogP contribution in [0.4, 0.5) is 0 Å². The Bertz CT molecular complexity index is 956. The highest BCUT2D eigenvalue weighted by atomic mass is 16.5. The highest BCUT2D eigenvalue weighted by Gasteiger charge is 2.34. The molecule has 2 aromatic rings. The van der Waals surface area contributed by atoms with E-state index in [-0.39, 0.29) is 6.04 Å². The summed E-state index contributed by atoms with van der Waals surface area (Å²) in [6.07, 6.45) is 6.48. The molecule has 29 heavy (non-hydrogen) atoms. The Morgan fingerprint density at radius 1 is 1.24 bits per heavy atom. The van der Waals surface area contributed by atoms with Crippen LogP contribution < -0.4 is 4.74 Å². The van der Waals surface area contributed by atoms with Gasteiger partial charge in [0, 0.05) is 23.7 Å². The van der Waals surface area contributed by atoms with Crippen LogP contribution in [0.3, 0.4) is 0 Å². The van der Waals surface area contributed by atoms with Crippen molar-refractivity contribution in [1.82, 2.24) is 14.7 Å². The fourth-order valence-corrected chi connectivity index (χ4v) is 4.33. The van der Waals surface area contributed by atoms with Crippen molar-refractivity contribution in [2.24, 2.45) is 0 Å². The summed E-state index contributed by atoms with van der Waals surface area (Å²) in [4.78, 5) is 2.39. The molecule has 0 aliphatic carbocycles. The normalized spacial score (nSPS) is 18.3. The molecule has 3 heterocycles. The van der Waals surface area contributed by atoms with Crippen LogP contribution in [-0.2, 0) is 11.3 Å². The molecular weight excluding hydrogens is 362 g/mol. The molecule has 1 unspecified atom stereocenters. The lowest BCUT2D eigenvalue weighted by molar-refractivity contribution is 0.198. The Morgan fingerprint density at radius 2 is 2.10 bits per heavy atom. The minimum atomic E-state index is 0.231. The Hall–Kier alpha value is -2.69. The van der Waals surface area contributed by atoms with Crippen LogP contribution in [0.2, 0.25) is 0 Å². The molecule has 5 heteroatoms. The maximum Gasteiger partial charge on any atom is 0.147 e. The number of allylic oxidation sites excluding steroid dienone is 1. The minimum Gasteiger partial charge on any atom is -0.494 e. The zero-order chi connectivity index (χ0) is 20.4. The zero-order valence-electron chi connectivity index (χ0n) is 17.6. The van der Waals surface area contributed by atoms with E-state index >= 15 is 0 Å². The summed E-state index contributed by atoms with van der Waals surface area (Å²) in [6.45, 7) is 15.7. The molecule has 5 nitrogen and oxygen atoms in total. The summed E-state index contributed by atoms with van der Waals surface area (Å²) in [6, 6.07) is 6.51. The highest BCUT2D eigenvalue weighted by molar-refractivity contribution is 5.87. The van der Waals surface area contributed by atoms with Crippen molar-refractivity contribution in [3.63, 3.8) is 0 Å². The van der Waals surface area contributed by atoms with Gasteiger partial charge in [0.25, 0.3) is 0 Å². The van der Waals surface area contributed by atoms with Crippen LogP contribution >= 0.6 is 0 Å². The largest absolute Gasteiger partial charge is 0.494 e. The monoisotopic (exact) mass is 393 g/mol. The SMILES string of the molecule is C=C1CC2c3c4cccc(OCCCCC)c4nn3CCN2C=C1C(=C)OCC. The van der Waals surface area contributed by atoms with Gasteiger partial charge in [-0.05, 0) is 31.4 Å². The van der Waals surface area contributed by atoms with Gasteiger partial charge in [-0.25, -0.2) is 0 Å². The number of fused-ring (bicyclic) bond motifs is 5. The summed E-state index contributed by atoms with van der Waals surface area (Å²) in [5.41, 5.74) is 4.32. The maximum absolute atomic E-state index is 6.08. The average molecular weight is 394 g/mol. The van der Waals surface area contributed by atoms with Gasteiger partial charge in [-0.3, -0.25) is 4.68 Å². The lowest BCUT2D eigenvalue weighted by atomic mass is 9.90. The van der Waals surface area contributed by atoms with E-state index in [2.05, 4.69) is 48.0 Å². The minimum absolute atomic E-state index is 0.231. The second kappa shape index (κ2) is 8.36. The lowest BCUT2D eigenvalue weighted by Crippen LogP contribution is -2.37. The first-order chi connectivity index (χ1) is 14.1. The molecule has 1 atom stereocenters. The molecule has 2 aliphatic heterocycles. The number of aromatic nitrogens is 2. The molecule has 0 saturated carbocycles. The topological polar surface area (TPSA) is 39.5 Å². The first-order valence-corrected chi connectivity index (χ1v) is 10.7. The summed E-state index contributed by atoms with van der Waals surface area (Å²) >= 11 is 0. The van der Waals surface area contributed by atoms with E-state index in [1.54, 1.807) is 0 Å². The molecule has 4 rings (SSSR count). The van der Waals surface area contributed by atoms with Crippen molar-refractivity contribution in [3.8, 4) is 5.75 Å². The van der Waals surface area contributed by atoms with E-state index in [4.69, 9.17) is 14.6 Å². The first kappa shape index (κ1) is 19.6. The third-order valence-electron chi connectivity index (χ3n) is 5.80. The van der Waals surface area contributed by atoms with Crippen molar-refractivity contribution in [3.05, 3.63) is 60.2 Å². The number of hydrogen-bond acceptors (Lipinski definition) is 4. The van der Waals surface area contributed by atoms with Crippen molar-refractivity contribution in [2.75, 3.05) is 19.8 Å². The number of ether oxygens (including phenoxy) is 2. The molecule has 0 spiro atoms. The van der Waals surface area contributed by atoms with E-state index in [0.717, 1.165) is 55.0 Å². The van der Waals surface area contributed by atoms with E-state index in [9.17, 15) is 0 Å². The van der Waals surface area contributed by atoms with Crippen molar-refractivity contribution >= 4 is 10.9 Å². The van der Waals surface area contributed by atoms with Crippen LogP contribution in [0, 0.1) is 0 Å². The van der Waals surface area contributed by atoms with Crippen LogP contribution in [0.15, 0.2) is 54.5 Å². The average Bonchev–Trinajstić information content (AvgIpc) is 3.11. The zero-order valence-corrected chi connectivity index (χ0v) is 17.6. The smallest absolute Gasteiger partial charge is 0.147 e. The van der Waals surface area contributed by atoms with Crippen molar-refractivity contribution < 1.29 is 9.47 Å². The Morgan fingerprint density at radius 3 is 2.90 bits per heavy atom. The number of hydrogen-bond donors (Lipinski definition) is 0. The van der Waals surface area contributed by atoms with Gasteiger partial charge in [-0.1, -0.05) is 45.1 Å². The van der Waals surface area contributed by atoms with Gasteiger partial charge >= 0.3 is 0 Å². The van der Waals surface area contributed by atoms with Gasteiger partial charge in [-0.15, -0.1) is 0 Å². The van der Waals surface area contributed by atoms with Gasteiger partial charge in [-0.2, -0.15) is 5.10 Å². The Labute approximate surface area is 173 Å². The summed E-state index contributed by atoms with van der Waals surface area (Å²) in [7, 11) is 0. The Kier molecular flexibility index (Phi) is 5.65. The molecule has 2 aliphatic rings. The van der Waals surface area contributed by atoms with Gasteiger partial charge in [0.1, 0.15) is 17.0 Å². The molecule has 0 fully saturated rings. The van der Waals surface area contributed by atoms with Gasteiger partial charge < -0.3 is 14.4 Å². The fourth-order valence-electron chi connectivity index (χ4n) is 4.33. The van der Waals surface area contributed by atoms with Crippen molar-refractivity contribution in [1.29, 1.82) is 0 Å². The van der Waals surface area contributed by atoms with Crippen LogP contribution in [0.1, 0.15) is 51.3 Å². The number of benzene rings is 1. The third kappa shape index (κ3) is 3.66. The van der Waals surface area contributed by atoms with Crippen LogP contribution in [0.25, 0.3) is 10.9 Å². The molecule has 0 N–H and O–H groups in total. The molecule has 0 bridgehead atoms. The Balaban J connectivity index is 1.65.